The summed E-state index contributed by atoms with van der Waals surface area (Å²) in [6.07, 6.45) is 22.0. The molecular formula is C24H52ClNO4. The molecule has 0 aromatic heterocycles. The van der Waals surface area contributed by atoms with Gasteiger partial charge >= 0.3 is 0 Å². The lowest BCUT2D eigenvalue weighted by molar-refractivity contribution is -1.73. The molecule has 0 unspecified atom stereocenters. The average molecular weight is 454 g/mol. The van der Waals surface area contributed by atoms with Crippen LogP contribution in [0, 0.1) is 10.8 Å². The van der Waals surface area contributed by atoms with Crippen LogP contribution in [0.2, 0.25) is 0 Å². The van der Waals surface area contributed by atoms with Crippen LogP contribution in [0.5, 0.6) is 0 Å². The average Bonchev–Trinajstić information content (AvgIpc) is 2.70. The van der Waals surface area contributed by atoms with Crippen LogP contribution < -0.4 is 14.0 Å². The molecular weight excluding hydrogens is 402 g/mol. The van der Waals surface area contributed by atoms with Gasteiger partial charge in [0.25, 0.3) is 0 Å². The van der Waals surface area contributed by atoms with E-state index in [2.05, 4.69) is 20.8 Å². The number of unbranched alkanes of at least 4 members (excludes halogenated alkanes) is 13. The second kappa shape index (κ2) is 25.4. The summed E-state index contributed by atoms with van der Waals surface area (Å²) >= 11 is 0. The molecule has 0 aliphatic rings. The molecule has 0 aliphatic carbocycles. The van der Waals surface area contributed by atoms with Crippen LogP contribution in [-0.4, -0.2) is 42.4 Å². The summed E-state index contributed by atoms with van der Waals surface area (Å²) in [4.78, 5) is 0. The summed E-state index contributed by atoms with van der Waals surface area (Å²) < 4.78 is 26.4. The van der Waals surface area contributed by atoms with Crippen molar-refractivity contribution in [2.24, 2.45) is 0 Å². The van der Waals surface area contributed by atoms with Gasteiger partial charge in [-0.05, 0) is 38.5 Å². The van der Waals surface area contributed by atoms with E-state index in [1.807, 2.05) is 0 Å². The third kappa shape index (κ3) is 24.4. The number of quaternary nitrogens is 1. The Kier molecular flexibility index (Phi) is 27.3. The summed E-state index contributed by atoms with van der Waals surface area (Å²) in [5, 5.41) is 9.71. The third-order valence-corrected chi connectivity index (χ3v) is 6.03. The Morgan fingerprint density at radius 3 is 1.07 bits per heavy atom. The topological polar surface area (TPSA) is 89.4 Å². The smallest absolute Gasteiger partial charge is 0.102 e. The van der Waals surface area contributed by atoms with Crippen molar-refractivity contribution in [3.8, 4) is 0 Å². The van der Waals surface area contributed by atoms with Crippen molar-refractivity contribution in [2.45, 2.75) is 124 Å². The fourth-order valence-electron chi connectivity index (χ4n) is 4.21. The molecule has 0 amide bonds. The van der Waals surface area contributed by atoms with Crippen molar-refractivity contribution in [3.05, 3.63) is 0 Å². The molecule has 0 aromatic rings. The van der Waals surface area contributed by atoms with E-state index in [0.29, 0.717) is 6.61 Å². The number of hydrogen-bond acceptors (Lipinski definition) is 4. The highest BCUT2D eigenvalue weighted by molar-refractivity contribution is 4.52. The molecule has 5 nitrogen and oxygen atoms in total. The quantitative estimate of drug-likeness (QED) is 0.212. The Balaban J connectivity index is 0. The molecule has 0 saturated heterocycles. The van der Waals surface area contributed by atoms with Crippen molar-refractivity contribution in [1.29, 1.82) is 0 Å². The Morgan fingerprint density at radius 2 is 0.767 bits per heavy atom. The maximum atomic E-state index is 9.71. The number of rotatable bonds is 21. The molecule has 0 fully saturated rings. The number of halogens is 1. The van der Waals surface area contributed by atoms with Crippen LogP contribution in [0.15, 0.2) is 0 Å². The zero-order valence-corrected chi connectivity index (χ0v) is 21.1. The molecule has 30 heavy (non-hydrogen) atoms. The molecule has 0 saturated carbocycles. The summed E-state index contributed by atoms with van der Waals surface area (Å²) in [5.74, 6) is 0. The largest absolute Gasteiger partial charge is 0.391 e. The lowest BCUT2D eigenvalue weighted by Crippen LogP contribution is -2.51. The maximum Gasteiger partial charge on any atom is 0.102 e. The van der Waals surface area contributed by atoms with E-state index in [1.54, 1.807) is 0 Å². The van der Waals surface area contributed by atoms with Crippen LogP contribution in [0.4, 0.5) is 0 Å². The highest BCUT2D eigenvalue weighted by Gasteiger charge is 2.25. The monoisotopic (exact) mass is 453 g/mol. The van der Waals surface area contributed by atoms with E-state index in [-0.39, 0.29) is 0 Å². The van der Waals surface area contributed by atoms with Crippen molar-refractivity contribution < 1.29 is 34.4 Å². The molecule has 0 radical (unpaired) electrons. The van der Waals surface area contributed by atoms with Gasteiger partial charge in [-0.15, -0.1) is 0 Å². The van der Waals surface area contributed by atoms with E-state index in [1.165, 1.54) is 127 Å². The molecule has 0 aliphatic heterocycles. The Hall–Kier alpha value is 0.0900. The van der Waals surface area contributed by atoms with Gasteiger partial charge in [0, 0.05) is 0 Å². The minimum atomic E-state index is -2.85. The number of aliphatic hydroxyl groups is 1. The number of aliphatic hydroxyl groups excluding tert-OH is 1. The van der Waals surface area contributed by atoms with Crippen LogP contribution >= 0.6 is 0 Å². The summed E-state index contributed by atoms with van der Waals surface area (Å²) in [6.45, 7) is 12.1. The third-order valence-electron chi connectivity index (χ3n) is 6.03. The fraction of sp³-hybridized carbons (Fsp3) is 1.00. The molecule has 0 heterocycles. The molecule has 184 valence electrons. The first-order valence-corrected chi connectivity index (χ1v) is 13.6. The Labute approximate surface area is 190 Å². The maximum absolute atomic E-state index is 9.71. The molecule has 6 heteroatoms. The van der Waals surface area contributed by atoms with Gasteiger partial charge in [-0.2, -0.15) is 0 Å². The van der Waals surface area contributed by atoms with E-state index in [0.717, 1.165) is 6.54 Å². The summed E-state index contributed by atoms with van der Waals surface area (Å²) in [6, 6.07) is 0. The Morgan fingerprint density at radius 1 is 0.500 bits per heavy atom. The summed E-state index contributed by atoms with van der Waals surface area (Å²) in [5.41, 5.74) is 0. The number of nitrogens with zero attached hydrogens (tertiary/aromatic N) is 1. The van der Waals surface area contributed by atoms with E-state index in [4.69, 9.17) is 14.0 Å². The van der Waals surface area contributed by atoms with Gasteiger partial charge in [-0.3, -0.25) is 0 Å². The fourth-order valence-corrected chi connectivity index (χ4v) is 4.21. The van der Waals surface area contributed by atoms with Crippen LogP contribution in [0.3, 0.4) is 0 Å². The second-order valence-corrected chi connectivity index (χ2v) is 9.12. The standard InChI is InChI=1S/C24H52NO.ClO3/c1-4-7-10-13-14-15-16-19-22-25(23-24-26,20-17-11-8-5-2)21-18-12-9-6-3;2-1(3)4/h26H,4-24H2,1-3H3;/q+1;-1. The molecule has 0 atom stereocenters. The van der Waals surface area contributed by atoms with Crippen LogP contribution in [0.1, 0.15) is 124 Å². The second-order valence-electron chi connectivity index (χ2n) is 8.74. The first-order chi connectivity index (χ1) is 14.5. The molecule has 0 aromatic carbocycles. The Bertz CT molecular complexity index is 305. The van der Waals surface area contributed by atoms with Crippen LogP contribution in [-0.2, 0) is 0 Å². The van der Waals surface area contributed by atoms with Crippen LogP contribution in [0.25, 0.3) is 0 Å². The van der Waals surface area contributed by atoms with Crippen molar-refractivity contribution >= 4 is 0 Å². The molecule has 0 spiro atoms. The van der Waals surface area contributed by atoms with Gasteiger partial charge in [0.05, 0.1) is 37.0 Å². The molecule has 0 rings (SSSR count). The van der Waals surface area contributed by atoms with E-state index < -0.39 is 10.8 Å². The van der Waals surface area contributed by atoms with Gasteiger partial charge in [0.1, 0.15) is 6.54 Å². The minimum absolute atomic E-state index is 0.360. The van der Waals surface area contributed by atoms with E-state index in [9.17, 15) is 5.11 Å². The van der Waals surface area contributed by atoms with Gasteiger partial charge in [-0.25, -0.2) is 0 Å². The zero-order chi connectivity index (χ0) is 22.9. The SMILES string of the molecule is CCCCCCCCCC[N+](CCO)(CCCCCC)CCCCCC.[O-][Cl+2]([O-])[O-]. The molecule has 0 bridgehead atoms. The predicted molar refractivity (Wildman–Crippen MR) is 118 cm³/mol. The van der Waals surface area contributed by atoms with Gasteiger partial charge in [0.15, 0.2) is 0 Å². The van der Waals surface area contributed by atoms with Crippen molar-refractivity contribution in [1.82, 2.24) is 0 Å². The van der Waals surface area contributed by atoms with Crippen molar-refractivity contribution in [3.63, 3.8) is 0 Å². The van der Waals surface area contributed by atoms with Gasteiger partial charge in [-0.1, -0.05) is 85.0 Å². The lowest BCUT2D eigenvalue weighted by Gasteiger charge is -2.39. The van der Waals surface area contributed by atoms with E-state index >= 15 is 0 Å². The number of hydrogen-bond donors (Lipinski definition) is 1. The normalized spacial score (nSPS) is 11.6. The lowest BCUT2D eigenvalue weighted by atomic mass is 10.1. The van der Waals surface area contributed by atoms with Gasteiger partial charge < -0.3 is 23.6 Å². The first kappa shape index (κ1) is 32.3. The highest BCUT2D eigenvalue weighted by atomic mass is 35.6. The summed E-state index contributed by atoms with van der Waals surface area (Å²) in [7, 11) is -2.85. The van der Waals surface area contributed by atoms with Crippen molar-refractivity contribution in [2.75, 3.05) is 32.8 Å². The minimum Gasteiger partial charge on any atom is -0.391 e. The first-order valence-electron chi connectivity index (χ1n) is 12.7. The predicted octanol–water partition coefficient (Wildman–Crippen LogP) is 3.53. The molecule has 1 N–H and O–H groups in total. The zero-order valence-electron chi connectivity index (χ0n) is 20.3. The van der Waals surface area contributed by atoms with Gasteiger partial charge in [0.2, 0.25) is 0 Å². The highest BCUT2D eigenvalue weighted by Crippen LogP contribution is 2.17.